The van der Waals surface area contributed by atoms with Gasteiger partial charge in [0.15, 0.2) is 0 Å². The summed E-state index contributed by atoms with van der Waals surface area (Å²) < 4.78 is 5.46. The van der Waals surface area contributed by atoms with Crippen LogP contribution in [0.2, 0.25) is 0 Å². The van der Waals surface area contributed by atoms with E-state index in [1.807, 2.05) is 13.0 Å². The number of nitrogens with one attached hydrogen (secondary N) is 1. The van der Waals surface area contributed by atoms with Gasteiger partial charge in [-0.2, -0.15) is 0 Å². The van der Waals surface area contributed by atoms with Crippen molar-refractivity contribution in [2.75, 3.05) is 13.7 Å². The van der Waals surface area contributed by atoms with Crippen LogP contribution in [-0.2, 0) is 6.42 Å². The third-order valence-electron chi connectivity index (χ3n) is 5.13. The topological polar surface area (TPSA) is 63.9 Å². The van der Waals surface area contributed by atoms with Gasteiger partial charge in [-0.1, -0.05) is 18.2 Å². The van der Waals surface area contributed by atoms with Crippen molar-refractivity contribution >= 4 is 21.8 Å². The molecule has 4 heteroatoms. The third-order valence-corrected chi connectivity index (χ3v) is 5.13. The summed E-state index contributed by atoms with van der Waals surface area (Å²) in [6, 6.07) is 16.8. The van der Waals surface area contributed by atoms with Crippen LogP contribution in [0.5, 0.6) is 5.75 Å². The first kappa shape index (κ1) is 17.6. The normalized spacial score (nSPS) is 11.4. The van der Waals surface area contributed by atoms with Crippen LogP contribution in [-0.4, -0.2) is 23.6 Å². The maximum atomic E-state index is 5.73. The Morgan fingerprint density at radius 1 is 1.04 bits per heavy atom. The second-order valence-corrected chi connectivity index (χ2v) is 6.96. The Morgan fingerprint density at radius 2 is 1.93 bits per heavy atom. The molecule has 2 aromatic heterocycles. The van der Waals surface area contributed by atoms with E-state index in [-0.39, 0.29) is 0 Å². The monoisotopic (exact) mass is 359 g/mol. The highest BCUT2D eigenvalue weighted by atomic mass is 16.5. The maximum absolute atomic E-state index is 5.73. The number of H-pyrrole nitrogens is 1. The molecule has 0 radical (unpaired) electrons. The van der Waals surface area contributed by atoms with E-state index < -0.39 is 0 Å². The van der Waals surface area contributed by atoms with Gasteiger partial charge >= 0.3 is 0 Å². The zero-order valence-electron chi connectivity index (χ0n) is 15.9. The van der Waals surface area contributed by atoms with E-state index >= 15 is 0 Å². The number of methoxy groups -OCH3 is 1. The standard InChI is InChI=1S/C23H25N3O/c1-15-9-11-17-18(7-5-8-21(17)25-15)23-19(6-3-4-13-24)20-14-16(27-2)10-12-22(20)26-23/h5,7-12,14,26H,3-4,6,13,24H2,1-2H3. The summed E-state index contributed by atoms with van der Waals surface area (Å²) in [5.41, 5.74) is 12.6. The molecule has 27 heavy (non-hydrogen) atoms. The summed E-state index contributed by atoms with van der Waals surface area (Å²) in [6.45, 7) is 2.75. The van der Waals surface area contributed by atoms with Gasteiger partial charge in [-0.15, -0.1) is 0 Å². The molecule has 0 fully saturated rings. The van der Waals surface area contributed by atoms with Crippen molar-refractivity contribution in [3.8, 4) is 17.0 Å². The van der Waals surface area contributed by atoms with E-state index in [2.05, 4.69) is 47.4 Å². The number of aromatic amines is 1. The number of nitrogens with zero attached hydrogens (tertiary/aromatic N) is 1. The zero-order valence-corrected chi connectivity index (χ0v) is 15.9. The lowest BCUT2D eigenvalue weighted by molar-refractivity contribution is 0.415. The van der Waals surface area contributed by atoms with Crippen LogP contribution in [0.1, 0.15) is 24.1 Å². The first-order chi connectivity index (χ1) is 13.2. The van der Waals surface area contributed by atoms with Crippen LogP contribution < -0.4 is 10.5 Å². The van der Waals surface area contributed by atoms with Gasteiger partial charge in [-0.3, -0.25) is 4.98 Å². The van der Waals surface area contributed by atoms with Crippen molar-refractivity contribution in [3.05, 3.63) is 59.8 Å². The molecule has 4 aromatic rings. The minimum absolute atomic E-state index is 0.721. The molecule has 0 aliphatic rings. The van der Waals surface area contributed by atoms with E-state index in [1.54, 1.807) is 7.11 Å². The fourth-order valence-electron chi connectivity index (χ4n) is 3.76. The molecule has 2 aromatic carbocycles. The van der Waals surface area contributed by atoms with Crippen LogP contribution in [0.15, 0.2) is 48.5 Å². The molecule has 0 amide bonds. The Hall–Kier alpha value is -2.85. The first-order valence-electron chi connectivity index (χ1n) is 9.46. The number of unbranched alkanes of at least 4 members (excludes halogenated alkanes) is 1. The van der Waals surface area contributed by atoms with Gasteiger partial charge in [0.1, 0.15) is 5.75 Å². The minimum Gasteiger partial charge on any atom is -0.497 e. The van der Waals surface area contributed by atoms with Crippen molar-refractivity contribution < 1.29 is 4.74 Å². The van der Waals surface area contributed by atoms with Crippen LogP contribution >= 0.6 is 0 Å². The molecule has 0 aliphatic carbocycles. The molecule has 0 spiro atoms. The first-order valence-corrected chi connectivity index (χ1v) is 9.46. The molecule has 0 atom stereocenters. The number of fused-ring (bicyclic) bond motifs is 2. The summed E-state index contributed by atoms with van der Waals surface area (Å²) in [5.74, 6) is 0.878. The number of pyridine rings is 1. The minimum atomic E-state index is 0.721. The van der Waals surface area contributed by atoms with Gasteiger partial charge in [0.2, 0.25) is 0 Å². The number of benzene rings is 2. The third kappa shape index (κ3) is 3.28. The second kappa shape index (κ2) is 7.41. The number of aromatic nitrogens is 2. The van der Waals surface area contributed by atoms with Crippen molar-refractivity contribution in [1.82, 2.24) is 9.97 Å². The molecule has 4 nitrogen and oxygen atoms in total. The number of rotatable bonds is 6. The zero-order chi connectivity index (χ0) is 18.8. The van der Waals surface area contributed by atoms with Crippen molar-refractivity contribution in [3.63, 3.8) is 0 Å². The molecule has 4 rings (SSSR count). The van der Waals surface area contributed by atoms with Gasteiger partial charge in [0, 0.05) is 27.5 Å². The van der Waals surface area contributed by atoms with E-state index in [9.17, 15) is 0 Å². The molecule has 0 saturated carbocycles. The Labute approximate surface area is 159 Å². The maximum Gasteiger partial charge on any atom is 0.119 e. The Morgan fingerprint density at radius 3 is 2.74 bits per heavy atom. The van der Waals surface area contributed by atoms with Crippen LogP contribution in [0.25, 0.3) is 33.1 Å². The highest BCUT2D eigenvalue weighted by Gasteiger charge is 2.16. The van der Waals surface area contributed by atoms with Crippen LogP contribution in [0, 0.1) is 6.92 Å². The molecular weight excluding hydrogens is 334 g/mol. The van der Waals surface area contributed by atoms with Gasteiger partial charge in [-0.05, 0) is 68.6 Å². The summed E-state index contributed by atoms with van der Waals surface area (Å²) in [5, 5.41) is 2.39. The Balaban J connectivity index is 1.94. The van der Waals surface area contributed by atoms with Crippen LogP contribution in [0.3, 0.4) is 0 Å². The highest BCUT2D eigenvalue weighted by Crippen LogP contribution is 2.36. The average molecular weight is 359 g/mol. The van der Waals surface area contributed by atoms with Crippen molar-refractivity contribution in [2.24, 2.45) is 5.73 Å². The fraction of sp³-hybridized carbons (Fsp3) is 0.261. The average Bonchev–Trinajstić information content (AvgIpc) is 3.05. The molecular formula is C23H25N3O. The predicted molar refractivity (Wildman–Crippen MR) is 112 cm³/mol. The van der Waals surface area contributed by atoms with Gasteiger partial charge < -0.3 is 15.5 Å². The van der Waals surface area contributed by atoms with E-state index in [1.165, 1.54) is 27.6 Å². The van der Waals surface area contributed by atoms with Crippen LogP contribution in [0.4, 0.5) is 0 Å². The lowest BCUT2D eigenvalue weighted by atomic mass is 9.97. The van der Waals surface area contributed by atoms with E-state index in [4.69, 9.17) is 15.5 Å². The van der Waals surface area contributed by atoms with Gasteiger partial charge in [-0.25, -0.2) is 0 Å². The van der Waals surface area contributed by atoms with Gasteiger partial charge in [0.05, 0.1) is 18.3 Å². The number of hydrogen-bond donors (Lipinski definition) is 2. The van der Waals surface area contributed by atoms with Gasteiger partial charge in [0.25, 0.3) is 0 Å². The molecule has 0 saturated heterocycles. The van der Waals surface area contributed by atoms with E-state index in [0.717, 1.165) is 48.3 Å². The number of nitrogens with two attached hydrogens (primary N) is 1. The number of aryl methyl sites for hydroxylation is 2. The molecule has 0 unspecified atom stereocenters. The lowest BCUT2D eigenvalue weighted by Crippen LogP contribution is -1.99. The molecule has 0 bridgehead atoms. The smallest absolute Gasteiger partial charge is 0.119 e. The molecule has 138 valence electrons. The summed E-state index contributed by atoms with van der Waals surface area (Å²) in [6.07, 6.45) is 3.07. The molecule has 2 heterocycles. The fourth-order valence-corrected chi connectivity index (χ4v) is 3.76. The number of hydrogen-bond acceptors (Lipinski definition) is 3. The predicted octanol–water partition coefficient (Wildman–Crippen LogP) is 4.98. The largest absolute Gasteiger partial charge is 0.497 e. The highest BCUT2D eigenvalue weighted by molar-refractivity contribution is 5.99. The molecule has 0 aliphatic heterocycles. The Bertz CT molecular complexity index is 1100. The second-order valence-electron chi connectivity index (χ2n) is 6.96. The summed E-state index contributed by atoms with van der Waals surface area (Å²) in [4.78, 5) is 8.35. The van der Waals surface area contributed by atoms with Crippen molar-refractivity contribution in [1.29, 1.82) is 0 Å². The summed E-state index contributed by atoms with van der Waals surface area (Å²) in [7, 11) is 1.71. The van der Waals surface area contributed by atoms with Crippen molar-refractivity contribution in [2.45, 2.75) is 26.2 Å². The summed E-state index contributed by atoms with van der Waals surface area (Å²) >= 11 is 0. The molecule has 3 N–H and O–H groups in total. The number of ether oxygens (including phenoxy) is 1. The lowest BCUT2D eigenvalue weighted by Gasteiger charge is -2.09. The SMILES string of the molecule is COc1ccc2[nH]c(-c3cccc4nc(C)ccc34)c(CCCCN)c2c1. The Kier molecular flexibility index (Phi) is 4.82. The van der Waals surface area contributed by atoms with E-state index in [0.29, 0.717) is 0 Å². The quantitative estimate of drug-likeness (QED) is 0.477.